The minimum absolute atomic E-state index is 0.554. The average molecular weight is 243 g/mol. The summed E-state index contributed by atoms with van der Waals surface area (Å²) in [6.07, 6.45) is 0. The van der Waals surface area contributed by atoms with Crippen molar-refractivity contribution in [3.05, 3.63) is 35.9 Å². The van der Waals surface area contributed by atoms with Crippen molar-refractivity contribution in [3.63, 3.8) is 0 Å². The predicted molar refractivity (Wildman–Crippen MR) is 53.8 cm³/mol. The lowest BCUT2D eigenvalue weighted by molar-refractivity contribution is -0.144. The van der Waals surface area contributed by atoms with Crippen molar-refractivity contribution in [1.82, 2.24) is 0 Å². The molecule has 1 aliphatic heterocycles. The number of hydrogen-bond donors (Lipinski definition) is 0. The number of hydrogen-bond acceptors (Lipinski definition) is 2. The van der Waals surface area contributed by atoms with Gasteiger partial charge in [0, 0.05) is 5.56 Å². The fourth-order valence-electron chi connectivity index (χ4n) is 1.47. The largest absolute Gasteiger partial charge is 0.343 e. The third kappa shape index (κ3) is 1.64. The third-order valence-corrected chi connectivity index (χ3v) is 2.88. The molecule has 0 bridgehead atoms. The molecule has 1 saturated heterocycles. The summed E-state index contributed by atoms with van der Waals surface area (Å²) in [7, 11) is 0. The lowest BCUT2D eigenvalue weighted by Crippen LogP contribution is -2.28. The van der Waals surface area contributed by atoms with E-state index in [1.54, 1.807) is 0 Å². The van der Waals surface area contributed by atoms with Crippen LogP contribution in [0.4, 0.5) is 0 Å². The second kappa shape index (κ2) is 3.78. The van der Waals surface area contributed by atoms with E-state index in [2.05, 4.69) is 15.9 Å². The Balaban J connectivity index is 2.31. The minimum Gasteiger partial charge on any atom is -0.343 e. The highest BCUT2D eigenvalue weighted by molar-refractivity contribution is 9.09. The highest BCUT2D eigenvalue weighted by atomic mass is 79.9. The molecule has 3 heteroatoms. The van der Waals surface area contributed by atoms with Crippen LogP contribution in [-0.2, 0) is 15.3 Å². The van der Waals surface area contributed by atoms with Crippen molar-refractivity contribution in [3.8, 4) is 0 Å². The maximum Gasteiger partial charge on any atom is 0.204 e. The summed E-state index contributed by atoms with van der Waals surface area (Å²) < 4.78 is 11.2. The van der Waals surface area contributed by atoms with Gasteiger partial charge in [-0.15, -0.1) is 0 Å². The molecular formula is C10H11BrO2. The van der Waals surface area contributed by atoms with E-state index in [1.807, 2.05) is 30.3 Å². The van der Waals surface area contributed by atoms with Crippen LogP contribution < -0.4 is 0 Å². The SMILES string of the molecule is BrCC1(c2ccccc2)OCCO1. The topological polar surface area (TPSA) is 18.5 Å². The molecule has 0 amide bonds. The van der Waals surface area contributed by atoms with Gasteiger partial charge in [0.1, 0.15) is 0 Å². The first-order valence-corrected chi connectivity index (χ1v) is 5.39. The fourth-order valence-corrected chi connectivity index (χ4v) is 2.12. The van der Waals surface area contributed by atoms with Gasteiger partial charge in [0.2, 0.25) is 5.79 Å². The molecule has 0 unspecified atom stereocenters. The molecule has 0 saturated carbocycles. The van der Waals surface area contributed by atoms with Crippen LogP contribution in [0.5, 0.6) is 0 Å². The van der Waals surface area contributed by atoms with Gasteiger partial charge in [-0.25, -0.2) is 0 Å². The Hall–Kier alpha value is -0.380. The summed E-state index contributed by atoms with van der Waals surface area (Å²) in [5.41, 5.74) is 1.07. The Labute approximate surface area is 86.0 Å². The van der Waals surface area contributed by atoms with E-state index < -0.39 is 5.79 Å². The van der Waals surface area contributed by atoms with Crippen LogP contribution in [0.3, 0.4) is 0 Å². The van der Waals surface area contributed by atoms with E-state index in [4.69, 9.17) is 9.47 Å². The summed E-state index contributed by atoms with van der Waals surface area (Å²) in [5.74, 6) is -0.554. The van der Waals surface area contributed by atoms with Gasteiger partial charge in [-0.3, -0.25) is 0 Å². The normalized spacial score (nSPS) is 20.4. The number of alkyl halides is 1. The van der Waals surface area contributed by atoms with Gasteiger partial charge in [0.05, 0.1) is 18.5 Å². The third-order valence-electron chi connectivity index (χ3n) is 2.14. The lowest BCUT2D eigenvalue weighted by atomic mass is 10.1. The zero-order chi connectivity index (χ0) is 9.15. The fraction of sp³-hybridized carbons (Fsp3) is 0.400. The van der Waals surface area contributed by atoms with Crippen molar-refractivity contribution in [1.29, 1.82) is 0 Å². The number of ether oxygens (including phenoxy) is 2. The van der Waals surface area contributed by atoms with Crippen LogP contribution in [0.2, 0.25) is 0 Å². The van der Waals surface area contributed by atoms with Gasteiger partial charge in [-0.1, -0.05) is 46.3 Å². The molecule has 1 aromatic rings. The van der Waals surface area contributed by atoms with Gasteiger partial charge < -0.3 is 9.47 Å². The number of halogens is 1. The van der Waals surface area contributed by atoms with E-state index in [-0.39, 0.29) is 0 Å². The van der Waals surface area contributed by atoms with Gasteiger partial charge >= 0.3 is 0 Å². The molecule has 1 aromatic carbocycles. The quantitative estimate of drug-likeness (QED) is 0.742. The molecule has 1 aliphatic rings. The summed E-state index contributed by atoms with van der Waals surface area (Å²) in [5, 5.41) is 0.671. The first kappa shape index (κ1) is 9.19. The molecule has 0 spiro atoms. The van der Waals surface area contributed by atoms with Crippen molar-refractivity contribution >= 4 is 15.9 Å². The van der Waals surface area contributed by atoms with Gasteiger partial charge in [0.15, 0.2) is 0 Å². The molecule has 1 heterocycles. The Morgan fingerprint density at radius 2 is 1.77 bits per heavy atom. The molecule has 70 valence electrons. The van der Waals surface area contributed by atoms with Crippen molar-refractivity contribution < 1.29 is 9.47 Å². The van der Waals surface area contributed by atoms with Crippen LogP contribution in [0, 0.1) is 0 Å². The van der Waals surface area contributed by atoms with E-state index in [0.29, 0.717) is 18.5 Å². The molecule has 1 fully saturated rings. The molecule has 0 atom stereocenters. The van der Waals surface area contributed by atoms with E-state index in [9.17, 15) is 0 Å². The minimum atomic E-state index is -0.554. The maximum absolute atomic E-state index is 5.61. The number of benzene rings is 1. The summed E-state index contributed by atoms with van der Waals surface area (Å²) in [4.78, 5) is 0. The first-order chi connectivity index (χ1) is 6.37. The Kier molecular flexibility index (Phi) is 2.67. The molecule has 0 radical (unpaired) electrons. The molecule has 0 aromatic heterocycles. The first-order valence-electron chi connectivity index (χ1n) is 4.27. The van der Waals surface area contributed by atoms with Crippen LogP contribution in [0.25, 0.3) is 0 Å². The standard InChI is InChI=1S/C10H11BrO2/c11-8-10(12-6-7-13-10)9-4-2-1-3-5-9/h1-5H,6-8H2. The Bertz CT molecular complexity index is 268. The molecular weight excluding hydrogens is 232 g/mol. The van der Waals surface area contributed by atoms with Crippen LogP contribution in [-0.4, -0.2) is 18.5 Å². The number of rotatable bonds is 2. The van der Waals surface area contributed by atoms with Crippen LogP contribution >= 0.6 is 15.9 Å². The molecule has 2 nitrogen and oxygen atoms in total. The van der Waals surface area contributed by atoms with Crippen molar-refractivity contribution in [2.75, 3.05) is 18.5 Å². The van der Waals surface area contributed by atoms with Gasteiger partial charge in [-0.2, -0.15) is 0 Å². The molecule has 2 rings (SSSR count). The second-order valence-electron chi connectivity index (χ2n) is 2.95. The highest BCUT2D eigenvalue weighted by Gasteiger charge is 2.37. The summed E-state index contributed by atoms with van der Waals surface area (Å²) in [6, 6.07) is 10.0. The van der Waals surface area contributed by atoms with Crippen molar-refractivity contribution in [2.24, 2.45) is 0 Å². The lowest BCUT2D eigenvalue weighted by Gasteiger charge is -2.25. The van der Waals surface area contributed by atoms with Gasteiger partial charge in [0.25, 0.3) is 0 Å². The molecule has 13 heavy (non-hydrogen) atoms. The predicted octanol–water partition coefficient (Wildman–Crippen LogP) is 2.28. The van der Waals surface area contributed by atoms with Crippen LogP contribution in [0.15, 0.2) is 30.3 Å². The van der Waals surface area contributed by atoms with Crippen molar-refractivity contribution in [2.45, 2.75) is 5.79 Å². The second-order valence-corrected chi connectivity index (χ2v) is 3.51. The zero-order valence-electron chi connectivity index (χ0n) is 7.20. The Morgan fingerprint density at radius 1 is 1.15 bits per heavy atom. The van der Waals surface area contributed by atoms with Gasteiger partial charge in [-0.05, 0) is 0 Å². The highest BCUT2D eigenvalue weighted by Crippen LogP contribution is 2.32. The van der Waals surface area contributed by atoms with E-state index in [0.717, 1.165) is 5.56 Å². The average Bonchev–Trinajstić information content (AvgIpc) is 2.69. The molecule has 0 aliphatic carbocycles. The smallest absolute Gasteiger partial charge is 0.204 e. The monoisotopic (exact) mass is 242 g/mol. The van der Waals surface area contributed by atoms with E-state index >= 15 is 0 Å². The molecule has 0 N–H and O–H groups in total. The van der Waals surface area contributed by atoms with Crippen LogP contribution in [0.1, 0.15) is 5.56 Å². The maximum atomic E-state index is 5.61. The zero-order valence-corrected chi connectivity index (χ0v) is 8.79. The Morgan fingerprint density at radius 3 is 2.31 bits per heavy atom. The summed E-state index contributed by atoms with van der Waals surface area (Å²) in [6.45, 7) is 1.33. The van der Waals surface area contributed by atoms with E-state index in [1.165, 1.54) is 0 Å². The summed E-state index contributed by atoms with van der Waals surface area (Å²) >= 11 is 3.42.